The van der Waals surface area contributed by atoms with Gasteiger partial charge in [-0.15, -0.1) is 5.10 Å². The molecule has 0 amide bonds. The number of carbonyl (C=O) groups excluding carboxylic acids is 1. The summed E-state index contributed by atoms with van der Waals surface area (Å²) >= 11 is 1.38. The van der Waals surface area contributed by atoms with Crippen molar-refractivity contribution in [2.24, 2.45) is 0 Å². The standard InChI is InChI=1S/C24H20FN5OS/c25-17-8-3-1-6-14(17)13-32-24-28-23-27-19-10-5-11-20(31)21(19)22(30(23)29-24)16-12-26-18-9-4-2-7-15(16)18/h1-4,6-9,12,22,26H,5,10-11,13H2,(H,27,28,29). The number of allylic oxidation sites excluding steroid dienone is 2. The summed E-state index contributed by atoms with van der Waals surface area (Å²) in [5, 5.41) is 9.71. The molecule has 160 valence electrons. The third kappa shape index (κ3) is 3.14. The normalized spacial score (nSPS) is 17.9. The number of thioether (sulfide) groups is 1. The maximum absolute atomic E-state index is 14.0. The highest BCUT2D eigenvalue weighted by atomic mass is 32.2. The lowest BCUT2D eigenvalue weighted by molar-refractivity contribution is -0.116. The molecule has 32 heavy (non-hydrogen) atoms. The summed E-state index contributed by atoms with van der Waals surface area (Å²) in [6, 6.07) is 14.4. The highest BCUT2D eigenvalue weighted by Crippen LogP contribution is 2.42. The number of nitrogens with one attached hydrogen (secondary N) is 2. The summed E-state index contributed by atoms with van der Waals surface area (Å²) in [6.45, 7) is 0. The number of halogens is 1. The molecule has 4 aromatic rings. The molecule has 0 spiro atoms. The Labute approximate surface area is 187 Å². The summed E-state index contributed by atoms with van der Waals surface area (Å²) in [6.07, 6.45) is 4.14. The molecule has 1 atom stereocenters. The number of benzene rings is 2. The second kappa shape index (κ2) is 7.63. The van der Waals surface area contributed by atoms with Gasteiger partial charge in [0.2, 0.25) is 11.1 Å². The number of Topliss-reactive ketones (excluding diaryl/α,β-unsaturated/α-hetero) is 1. The SMILES string of the molecule is O=C1CCCC2=C1C(c1c[nH]c3ccccc13)n1nc(SCc3ccccc3F)nc1N2. The van der Waals surface area contributed by atoms with Gasteiger partial charge in [-0.3, -0.25) is 4.79 Å². The van der Waals surface area contributed by atoms with Crippen molar-refractivity contribution in [3.63, 3.8) is 0 Å². The second-order valence-electron chi connectivity index (χ2n) is 8.03. The summed E-state index contributed by atoms with van der Waals surface area (Å²) < 4.78 is 15.8. The van der Waals surface area contributed by atoms with E-state index in [1.165, 1.54) is 17.8 Å². The quantitative estimate of drug-likeness (QED) is 0.422. The zero-order chi connectivity index (χ0) is 21.7. The van der Waals surface area contributed by atoms with Crippen molar-refractivity contribution >= 4 is 34.4 Å². The van der Waals surface area contributed by atoms with Gasteiger partial charge in [0.05, 0.1) is 0 Å². The monoisotopic (exact) mass is 445 g/mol. The first-order valence-electron chi connectivity index (χ1n) is 10.6. The molecule has 2 aromatic heterocycles. The van der Waals surface area contributed by atoms with E-state index in [0.717, 1.165) is 40.6 Å². The number of rotatable bonds is 4. The van der Waals surface area contributed by atoms with E-state index < -0.39 is 0 Å². The van der Waals surface area contributed by atoms with E-state index in [-0.39, 0.29) is 17.6 Å². The Morgan fingerprint density at radius 2 is 1.97 bits per heavy atom. The molecule has 6 nitrogen and oxygen atoms in total. The number of ketones is 1. The highest BCUT2D eigenvalue weighted by Gasteiger charge is 2.37. The number of aromatic amines is 1. The Hall–Kier alpha value is -3.39. The molecular formula is C24H20FN5OS. The molecule has 0 bridgehead atoms. The first-order chi connectivity index (χ1) is 15.7. The molecule has 3 heterocycles. The van der Waals surface area contributed by atoms with Crippen molar-refractivity contribution in [2.75, 3.05) is 5.32 Å². The average molecular weight is 446 g/mol. The molecule has 0 fully saturated rings. The molecule has 2 aliphatic rings. The maximum Gasteiger partial charge on any atom is 0.227 e. The van der Waals surface area contributed by atoms with Crippen molar-refractivity contribution in [3.8, 4) is 0 Å². The third-order valence-corrected chi connectivity index (χ3v) is 6.97. The fourth-order valence-corrected chi connectivity index (χ4v) is 5.38. The van der Waals surface area contributed by atoms with Crippen LogP contribution in [0, 0.1) is 5.82 Å². The molecule has 1 unspecified atom stereocenters. The molecule has 0 saturated heterocycles. The number of hydrogen-bond acceptors (Lipinski definition) is 5. The smallest absolute Gasteiger partial charge is 0.227 e. The highest BCUT2D eigenvalue weighted by molar-refractivity contribution is 7.98. The number of nitrogens with zero attached hydrogens (tertiary/aromatic N) is 3. The second-order valence-corrected chi connectivity index (χ2v) is 8.97. The van der Waals surface area contributed by atoms with Crippen LogP contribution in [-0.2, 0) is 10.5 Å². The van der Waals surface area contributed by atoms with Crippen LogP contribution in [0.5, 0.6) is 0 Å². The topological polar surface area (TPSA) is 75.6 Å². The third-order valence-electron chi connectivity index (χ3n) is 6.08. The average Bonchev–Trinajstić information content (AvgIpc) is 3.41. The zero-order valence-corrected chi connectivity index (χ0v) is 18.0. The van der Waals surface area contributed by atoms with Gasteiger partial charge in [0.1, 0.15) is 11.9 Å². The van der Waals surface area contributed by atoms with E-state index in [1.807, 2.05) is 30.5 Å². The van der Waals surface area contributed by atoms with Crippen molar-refractivity contribution < 1.29 is 9.18 Å². The van der Waals surface area contributed by atoms with Crippen LogP contribution in [0.2, 0.25) is 0 Å². The summed E-state index contributed by atoms with van der Waals surface area (Å²) in [7, 11) is 0. The van der Waals surface area contributed by atoms with Crippen LogP contribution in [0.1, 0.15) is 36.4 Å². The zero-order valence-electron chi connectivity index (χ0n) is 17.1. The number of anilines is 1. The molecule has 6 rings (SSSR count). The Bertz CT molecular complexity index is 1390. The number of H-pyrrole nitrogens is 1. The molecule has 2 aromatic carbocycles. The fourth-order valence-electron chi connectivity index (χ4n) is 4.56. The van der Waals surface area contributed by atoms with E-state index in [9.17, 15) is 9.18 Å². The van der Waals surface area contributed by atoms with Gasteiger partial charge in [0, 0.05) is 46.1 Å². The van der Waals surface area contributed by atoms with Gasteiger partial charge in [-0.1, -0.05) is 48.2 Å². The molecule has 1 aliphatic carbocycles. The van der Waals surface area contributed by atoms with Crippen molar-refractivity contribution in [3.05, 3.63) is 82.9 Å². The van der Waals surface area contributed by atoms with Gasteiger partial charge in [-0.25, -0.2) is 9.07 Å². The minimum Gasteiger partial charge on any atom is -0.361 e. The molecule has 2 N–H and O–H groups in total. The number of para-hydroxylation sites is 1. The fraction of sp³-hybridized carbons (Fsp3) is 0.208. The molecule has 1 aliphatic heterocycles. The Kier molecular flexibility index (Phi) is 4.61. The minimum atomic E-state index is -0.347. The first-order valence-corrected chi connectivity index (χ1v) is 11.6. The number of hydrogen-bond donors (Lipinski definition) is 2. The van der Waals surface area contributed by atoms with Crippen LogP contribution < -0.4 is 5.32 Å². The lowest BCUT2D eigenvalue weighted by atomic mass is 9.85. The number of aromatic nitrogens is 4. The Morgan fingerprint density at radius 3 is 2.88 bits per heavy atom. The predicted molar refractivity (Wildman–Crippen MR) is 122 cm³/mol. The Balaban J connectivity index is 1.42. The molecule has 8 heteroatoms. The van der Waals surface area contributed by atoms with Gasteiger partial charge < -0.3 is 10.3 Å². The Morgan fingerprint density at radius 1 is 1.12 bits per heavy atom. The van der Waals surface area contributed by atoms with Crippen LogP contribution in [0.3, 0.4) is 0 Å². The molecule has 0 saturated carbocycles. The minimum absolute atomic E-state index is 0.149. The van der Waals surface area contributed by atoms with E-state index in [1.54, 1.807) is 16.8 Å². The lowest BCUT2D eigenvalue weighted by Gasteiger charge is -2.31. The van der Waals surface area contributed by atoms with Gasteiger partial charge in [-0.05, 0) is 30.5 Å². The van der Waals surface area contributed by atoms with Gasteiger partial charge in [-0.2, -0.15) is 4.98 Å². The summed E-state index contributed by atoms with van der Waals surface area (Å²) in [5.74, 6) is 0.960. The van der Waals surface area contributed by atoms with Crippen LogP contribution in [0.4, 0.5) is 10.3 Å². The van der Waals surface area contributed by atoms with E-state index >= 15 is 0 Å². The summed E-state index contributed by atoms with van der Waals surface area (Å²) in [4.78, 5) is 21.0. The lowest BCUT2D eigenvalue weighted by Crippen LogP contribution is -2.31. The maximum atomic E-state index is 14.0. The van der Waals surface area contributed by atoms with Crippen LogP contribution in [0.15, 0.2) is 71.2 Å². The number of carbonyl (C=O) groups is 1. The van der Waals surface area contributed by atoms with Crippen LogP contribution in [0.25, 0.3) is 10.9 Å². The predicted octanol–water partition coefficient (Wildman–Crippen LogP) is 5.21. The molecular weight excluding hydrogens is 425 g/mol. The first kappa shape index (κ1) is 19.3. The van der Waals surface area contributed by atoms with Crippen LogP contribution in [-0.4, -0.2) is 25.5 Å². The van der Waals surface area contributed by atoms with Gasteiger partial charge >= 0.3 is 0 Å². The van der Waals surface area contributed by atoms with Crippen molar-refractivity contribution in [1.29, 1.82) is 0 Å². The summed E-state index contributed by atoms with van der Waals surface area (Å²) in [5.41, 5.74) is 4.33. The van der Waals surface area contributed by atoms with Crippen molar-refractivity contribution in [1.82, 2.24) is 19.7 Å². The van der Waals surface area contributed by atoms with Crippen LogP contribution >= 0.6 is 11.8 Å². The van der Waals surface area contributed by atoms with Crippen molar-refractivity contribution in [2.45, 2.75) is 36.2 Å². The van der Waals surface area contributed by atoms with E-state index in [0.29, 0.717) is 28.8 Å². The van der Waals surface area contributed by atoms with E-state index in [4.69, 9.17) is 5.10 Å². The largest absolute Gasteiger partial charge is 0.361 e. The van der Waals surface area contributed by atoms with E-state index in [2.05, 4.69) is 21.4 Å². The van der Waals surface area contributed by atoms with Gasteiger partial charge in [0.15, 0.2) is 5.78 Å². The molecule has 0 radical (unpaired) electrons. The van der Waals surface area contributed by atoms with Gasteiger partial charge in [0.25, 0.3) is 0 Å². The number of fused-ring (bicyclic) bond motifs is 2.